The highest BCUT2D eigenvalue weighted by molar-refractivity contribution is 5.93. The molecule has 1 aromatic rings. The lowest BCUT2D eigenvalue weighted by molar-refractivity contribution is 0.0692. The third kappa shape index (κ3) is 4.18. The molecule has 4 N–H and O–H groups in total. The van der Waals surface area contributed by atoms with Gasteiger partial charge in [0.15, 0.2) is 0 Å². The van der Waals surface area contributed by atoms with Crippen LogP contribution in [0, 0.1) is 5.82 Å². The highest BCUT2D eigenvalue weighted by Gasteiger charge is 2.15. The van der Waals surface area contributed by atoms with Crippen LogP contribution in [0.4, 0.5) is 14.9 Å². The van der Waals surface area contributed by atoms with Crippen molar-refractivity contribution in [3.8, 4) is 0 Å². The van der Waals surface area contributed by atoms with Crippen LogP contribution in [-0.2, 0) is 0 Å². The molecule has 7 nitrogen and oxygen atoms in total. The van der Waals surface area contributed by atoms with Crippen LogP contribution in [0.15, 0.2) is 18.2 Å². The predicted octanol–water partition coefficient (Wildman–Crippen LogP) is 0.342. The first-order chi connectivity index (χ1) is 9.49. The van der Waals surface area contributed by atoms with E-state index in [4.69, 9.17) is 15.3 Å². The number of nitrogens with one attached hydrogen (secondary N) is 1. The number of hydrogen-bond acceptors (Lipinski definition) is 4. The van der Waals surface area contributed by atoms with Crippen molar-refractivity contribution >= 4 is 17.7 Å². The summed E-state index contributed by atoms with van der Waals surface area (Å²) in [6.07, 6.45) is 0. The van der Waals surface area contributed by atoms with Gasteiger partial charge in [0.2, 0.25) is 0 Å². The van der Waals surface area contributed by atoms with Gasteiger partial charge in [0.25, 0.3) is 0 Å². The van der Waals surface area contributed by atoms with Gasteiger partial charge in [0.05, 0.1) is 18.8 Å². The summed E-state index contributed by atoms with van der Waals surface area (Å²) in [4.78, 5) is 23.7. The average molecular weight is 286 g/mol. The molecule has 0 radical (unpaired) electrons. The second kappa shape index (κ2) is 7.41. The van der Waals surface area contributed by atoms with Crippen molar-refractivity contribution in [1.82, 2.24) is 4.90 Å². The van der Waals surface area contributed by atoms with Crippen LogP contribution in [0.3, 0.4) is 0 Å². The number of hydrogen-bond donors (Lipinski definition) is 4. The second-order valence-electron chi connectivity index (χ2n) is 3.86. The lowest BCUT2D eigenvalue weighted by Gasteiger charge is -2.21. The van der Waals surface area contributed by atoms with Gasteiger partial charge in [-0.05, 0) is 18.2 Å². The van der Waals surface area contributed by atoms with Gasteiger partial charge in [0, 0.05) is 18.8 Å². The number of amides is 2. The predicted molar refractivity (Wildman–Crippen MR) is 68.1 cm³/mol. The summed E-state index contributed by atoms with van der Waals surface area (Å²) < 4.78 is 13.2. The maximum atomic E-state index is 13.2. The van der Waals surface area contributed by atoms with Crippen molar-refractivity contribution in [1.29, 1.82) is 0 Å². The summed E-state index contributed by atoms with van der Waals surface area (Å²) in [6, 6.07) is 2.51. The van der Waals surface area contributed by atoms with E-state index < -0.39 is 23.4 Å². The fourth-order valence-electron chi connectivity index (χ4n) is 1.53. The maximum absolute atomic E-state index is 13.2. The number of anilines is 1. The van der Waals surface area contributed by atoms with Crippen molar-refractivity contribution in [2.45, 2.75) is 0 Å². The highest BCUT2D eigenvalue weighted by atomic mass is 19.1. The summed E-state index contributed by atoms with van der Waals surface area (Å²) >= 11 is 0. The number of halogens is 1. The van der Waals surface area contributed by atoms with Gasteiger partial charge in [-0.2, -0.15) is 0 Å². The molecule has 0 heterocycles. The molecule has 0 bridgehead atoms. The fourth-order valence-corrected chi connectivity index (χ4v) is 1.53. The van der Waals surface area contributed by atoms with Crippen LogP contribution in [0.25, 0.3) is 0 Å². The lowest BCUT2D eigenvalue weighted by atomic mass is 10.2. The molecular formula is C12H15FN2O5. The van der Waals surface area contributed by atoms with Crippen LogP contribution in [0.1, 0.15) is 10.4 Å². The van der Waals surface area contributed by atoms with Crippen LogP contribution in [0.2, 0.25) is 0 Å². The number of aliphatic hydroxyl groups excluding tert-OH is 2. The first-order valence-electron chi connectivity index (χ1n) is 5.80. The summed E-state index contributed by atoms with van der Waals surface area (Å²) in [7, 11) is 0. The Morgan fingerprint density at radius 1 is 1.20 bits per heavy atom. The van der Waals surface area contributed by atoms with Crippen LogP contribution >= 0.6 is 0 Å². The Labute approximate surface area is 114 Å². The number of aliphatic hydroxyl groups is 2. The number of rotatable bonds is 6. The zero-order valence-electron chi connectivity index (χ0n) is 10.5. The summed E-state index contributed by atoms with van der Waals surface area (Å²) in [5.41, 5.74) is -0.451. The van der Waals surface area contributed by atoms with Gasteiger partial charge < -0.3 is 25.5 Å². The summed E-state index contributed by atoms with van der Waals surface area (Å²) in [5, 5.41) is 28.7. The van der Waals surface area contributed by atoms with E-state index in [0.717, 1.165) is 17.0 Å². The molecule has 0 spiro atoms. The van der Waals surface area contributed by atoms with Crippen molar-refractivity contribution in [3.63, 3.8) is 0 Å². The number of aromatic carboxylic acids is 1. The maximum Gasteiger partial charge on any atom is 0.338 e. The number of carboxylic acids is 1. The van der Waals surface area contributed by atoms with E-state index in [2.05, 4.69) is 5.32 Å². The molecule has 8 heteroatoms. The Kier molecular flexibility index (Phi) is 5.88. The summed E-state index contributed by atoms with van der Waals surface area (Å²) in [5.74, 6) is -2.35. The normalized spacial score (nSPS) is 10.2. The molecule has 0 aliphatic rings. The largest absolute Gasteiger partial charge is 0.478 e. The molecule has 110 valence electrons. The van der Waals surface area contributed by atoms with Gasteiger partial charge in [0.1, 0.15) is 5.82 Å². The third-order valence-electron chi connectivity index (χ3n) is 2.48. The quantitative estimate of drug-likeness (QED) is 0.603. The third-order valence-corrected chi connectivity index (χ3v) is 2.48. The Hall–Kier alpha value is -2.19. The SMILES string of the molecule is O=C(O)c1cc(NC(=O)N(CCO)CCO)ccc1F. The Balaban J connectivity index is 2.84. The first kappa shape index (κ1) is 15.9. The van der Waals surface area contributed by atoms with Crippen molar-refractivity contribution < 1.29 is 29.3 Å². The van der Waals surface area contributed by atoms with Gasteiger partial charge in [-0.25, -0.2) is 14.0 Å². The van der Waals surface area contributed by atoms with Crippen molar-refractivity contribution in [3.05, 3.63) is 29.6 Å². The molecule has 0 aliphatic heterocycles. The minimum Gasteiger partial charge on any atom is -0.478 e. The molecule has 0 aromatic heterocycles. The number of urea groups is 1. The lowest BCUT2D eigenvalue weighted by Crippen LogP contribution is -2.39. The van der Waals surface area contributed by atoms with Gasteiger partial charge in [-0.3, -0.25) is 0 Å². The zero-order valence-corrected chi connectivity index (χ0v) is 10.5. The highest BCUT2D eigenvalue weighted by Crippen LogP contribution is 2.15. The molecule has 0 saturated carbocycles. The van der Waals surface area contributed by atoms with E-state index in [-0.39, 0.29) is 32.0 Å². The van der Waals surface area contributed by atoms with E-state index in [1.807, 2.05) is 0 Å². The van der Waals surface area contributed by atoms with Crippen molar-refractivity contribution in [2.24, 2.45) is 0 Å². The zero-order chi connectivity index (χ0) is 15.1. The summed E-state index contributed by atoms with van der Waals surface area (Å²) in [6.45, 7) is -0.535. The van der Waals surface area contributed by atoms with Crippen LogP contribution in [0.5, 0.6) is 0 Å². The van der Waals surface area contributed by atoms with E-state index in [1.165, 1.54) is 6.07 Å². The number of nitrogens with zero attached hydrogens (tertiary/aromatic N) is 1. The average Bonchev–Trinajstić information content (AvgIpc) is 2.40. The smallest absolute Gasteiger partial charge is 0.338 e. The van der Waals surface area contributed by atoms with Gasteiger partial charge in [-0.15, -0.1) is 0 Å². The van der Waals surface area contributed by atoms with E-state index in [1.54, 1.807) is 0 Å². The topological polar surface area (TPSA) is 110 Å². The molecule has 2 amide bonds. The van der Waals surface area contributed by atoms with E-state index >= 15 is 0 Å². The number of benzene rings is 1. The Morgan fingerprint density at radius 3 is 2.30 bits per heavy atom. The van der Waals surface area contributed by atoms with Crippen LogP contribution < -0.4 is 5.32 Å². The number of carbonyl (C=O) groups excluding carboxylic acids is 1. The molecule has 0 fully saturated rings. The van der Waals surface area contributed by atoms with Crippen molar-refractivity contribution in [2.75, 3.05) is 31.6 Å². The molecule has 0 aliphatic carbocycles. The van der Waals surface area contributed by atoms with Gasteiger partial charge >= 0.3 is 12.0 Å². The molecule has 20 heavy (non-hydrogen) atoms. The Morgan fingerprint density at radius 2 is 1.80 bits per heavy atom. The molecule has 1 aromatic carbocycles. The monoisotopic (exact) mass is 286 g/mol. The van der Waals surface area contributed by atoms with Gasteiger partial charge in [-0.1, -0.05) is 0 Å². The molecule has 0 atom stereocenters. The standard InChI is InChI=1S/C12H15FN2O5/c13-10-2-1-8(7-9(10)11(18)19)14-12(20)15(3-5-16)4-6-17/h1-2,7,16-17H,3-6H2,(H,14,20)(H,18,19). The minimum atomic E-state index is -1.44. The first-order valence-corrected chi connectivity index (χ1v) is 5.80. The Bertz CT molecular complexity index is 489. The fraction of sp³-hybridized carbons (Fsp3) is 0.333. The minimum absolute atomic E-state index is 0.0133. The van der Waals surface area contributed by atoms with E-state index in [9.17, 15) is 14.0 Å². The molecule has 0 saturated heterocycles. The molecule has 1 rings (SSSR count). The molecule has 0 unspecified atom stereocenters. The van der Waals surface area contributed by atoms with Crippen LogP contribution in [-0.4, -0.2) is 58.5 Å². The molecular weight excluding hydrogens is 271 g/mol. The van der Waals surface area contributed by atoms with E-state index in [0.29, 0.717) is 0 Å². The number of carbonyl (C=O) groups is 2. The second-order valence-corrected chi connectivity index (χ2v) is 3.86. The number of carboxylic acid groups (broad SMARTS) is 1.